The standard InChI is InChI=1S/C22H27NO2/c1-22(21(24)25)14-12-20(13-15-22)23(16-18-8-4-2-5-9-18)17-19-10-6-3-7-11-19/h2-11,20H,12-17H2,1H3,(H,24,25). The lowest BCUT2D eigenvalue weighted by Gasteiger charge is -2.40. The Balaban J connectivity index is 1.73. The van der Waals surface area contributed by atoms with Crippen LogP contribution in [0.25, 0.3) is 0 Å². The minimum absolute atomic E-state index is 0.438. The van der Waals surface area contributed by atoms with Gasteiger partial charge in [0.15, 0.2) is 0 Å². The number of aliphatic carboxylic acids is 1. The Morgan fingerprint density at radius 3 is 1.80 bits per heavy atom. The average Bonchev–Trinajstić information content (AvgIpc) is 2.63. The van der Waals surface area contributed by atoms with Crippen LogP contribution in [0.3, 0.4) is 0 Å². The molecule has 0 radical (unpaired) electrons. The first-order chi connectivity index (χ1) is 12.1. The van der Waals surface area contributed by atoms with Gasteiger partial charge in [-0.15, -0.1) is 0 Å². The molecular formula is C22H27NO2. The summed E-state index contributed by atoms with van der Waals surface area (Å²) in [5.74, 6) is -0.649. The highest BCUT2D eigenvalue weighted by atomic mass is 16.4. The third-order valence-corrected chi connectivity index (χ3v) is 5.55. The highest BCUT2D eigenvalue weighted by Gasteiger charge is 2.38. The molecule has 0 saturated heterocycles. The van der Waals surface area contributed by atoms with Gasteiger partial charge in [-0.3, -0.25) is 9.69 Å². The van der Waals surface area contributed by atoms with Crippen molar-refractivity contribution in [3.63, 3.8) is 0 Å². The van der Waals surface area contributed by atoms with Gasteiger partial charge < -0.3 is 5.11 Å². The fourth-order valence-corrected chi connectivity index (χ4v) is 3.77. The molecule has 0 aliphatic heterocycles. The predicted octanol–water partition coefficient (Wildman–Crippen LogP) is 4.72. The normalized spacial score (nSPS) is 23.5. The second-order valence-corrected chi connectivity index (χ2v) is 7.47. The number of carbonyl (C=O) groups is 1. The predicted molar refractivity (Wildman–Crippen MR) is 100 cm³/mol. The van der Waals surface area contributed by atoms with Gasteiger partial charge in [0.25, 0.3) is 0 Å². The fourth-order valence-electron chi connectivity index (χ4n) is 3.77. The van der Waals surface area contributed by atoms with Crippen LogP contribution in [0.1, 0.15) is 43.7 Å². The van der Waals surface area contributed by atoms with Crippen LogP contribution in [0.5, 0.6) is 0 Å². The maximum absolute atomic E-state index is 11.5. The van der Waals surface area contributed by atoms with Crippen LogP contribution < -0.4 is 0 Å². The summed E-state index contributed by atoms with van der Waals surface area (Å²) >= 11 is 0. The van der Waals surface area contributed by atoms with Crippen molar-refractivity contribution in [1.29, 1.82) is 0 Å². The van der Waals surface area contributed by atoms with E-state index >= 15 is 0 Å². The average molecular weight is 337 g/mol. The molecule has 1 saturated carbocycles. The van der Waals surface area contributed by atoms with E-state index in [2.05, 4.69) is 53.4 Å². The van der Waals surface area contributed by atoms with Crippen LogP contribution in [0.4, 0.5) is 0 Å². The minimum Gasteiger partial charge on any atom is -0.481 e. The topological polar surface area (TPSA) is 40.5 Å². The van der Waals surface area contributed by atoms with Crippen molar-refractivity contribution in [3.05, 3.63) is 71.8 Å². The summed E-state index contributed by atoms with van der Waals surface area (Å²) in [6.07, 6.45) is 3.41. The highest BCUT2D eigenvalue weighted by Crippen LogP contribution is 2.38. The van der Waals surface area contributed by atoms with Crippen molar-refractivity contribution in [1.82, 2.24) is 4.90 Å². The lowest BCUT2D eigenvalue weighted by atomic mass is 9.73. The molecular weight excluding hydrogens is 310 g/mol. The quantitative estimate of drug-likeness (QED) is 0.829. The molecule has 1 N–H and O–H groups in total. The number of benzene rings is 2. The Morgan fingerprint density at radius 2 is 1.40 bits per heavy atom. The molecule has 3 rings (SSSR count). The van der Waals surface area contributed by atoms with Gasteiger partial charge in [-0.05, 0) is 43.7 Å². The monoisotopic (exact) mass is 337 g/mol. The van der Waals surface area contributed by atoms with Crippen LogP contribution in [0, 0.1) is 5.41 Å². The summed E-state index contributed by atoms with van der Waals surface area (Å²) in [7, 11) is 0. The molecule has 0 heterocycles. The summed E-state index contributed by atoms with van der Waals surface area (Å²) < 4.78 is 0. The SMILES string of the molecule is CC1(C(=O)O)CCC(N(Cc2ccccc2)Cc2ccccc2)CC1. The van der Waals surface area contributed by atoms with Crippen LogP contribution in [-0.4, -0.2) is 22.0 Å². The van der Waals surface area contributed by atoms with Gasteiger partial charge >= 0.3 is 5.97 Å². The van der Waals surface area contributed by atoms with E-state index in [4.69, 9.17) is 0 Å². The second-order valence-electron chi connectivity index (χ2n) is 7.47. The largest absolute Gasteiger partial charge is 0.481 e. The summed E-state index contributed by atoms with van der Waals surface area (Å²) in [4.78, 5) is 14.0. The first kappa shape index (κ1) is 17.7. The lowest BCUT2D eigenvalue weighted by molar-refractivity contribution is -0.150. The third-order valence-electron chi connectivity index (χ3n) is 5.55. The zero-order chi connectivity index (χ0) is 17.7. The molecule has 2 aromatic carbocycles. The van der Waals surface area contributed by atoms with Crippen molar-refractivity contribution < 1.29 is 9.90 Å². The summed E-state index contributed by atoms with van der Waals surface area (Å²) in [5, 5.41) is 9.48. The Morgan fingerprint density at radius 1 is 0.960 bits per heavy atom. The molecule has 132 valence electrons. The number of carboxylic acids is 1. The van der Waals surface area contributed by atoms with Gasteiger partial charge in [-0.25, -0.2) is 0 Å². The van der Waals surface area contributed by atoms with E-state index in [1.807, 2.05) is 19.1 Å². The highest BCUT2D eigenvalue weighted by molar-refractivity contribution is 5.74. The second kappa shape index (κ2) is 7.83. The van der Waals surface area contributed by atoms with E-state index in [0.29, 0.717) is 6.04 Å². The maximum Gasteiger partial charge on any atom is 0.309 e. The maximum atomic E-state index is 11.5. The van der Waals surface area contributed by atoms with E-state index in [1.54, 1.807) is 0 Å². The van der Waals surface area contributed by atoms with Crippen LogP contribution in [0.2, 0.25) is 0 Å². The smallest absolute Gasteiger partial charge is 0.309 e. The molecule has 1 aliphatic carbocycles. The molecule has 1 aliphatic rings. The number of rotatable bonds is 6. The van der Waals surface area contributed by atoms with Crippen molar-refractivity contribution in [2.24, 2.45) is 5.41 Å². The van der Waals surface area contributed by atoms with Gasteiger partial charge in [-0.2, -0.15) is 0 Å². The first-order valence-electron chi connectivity index (χ1n) is 9.12. The van der Waals surface area contributed by atoms with E-state index in [1.165, 1.54) is 11.1 Å². The third kappa shape index (κ3) is 4.49. The molecule has 3 heteroatoms. The summed E-state index contributed by atoms with van der Waals surface area (Å²) in [6.45, 7) is 3.71. The van der Waals surface area contributed by atoms with Crippen molar-refractivity contribution >= 4 is 5.97 Å². The number of hydrogen-bond acceptors (Lipinski definition) is 2. The minimum atomic E-state index is -0.649. The molecule has 0 spiro atoms. The number of hydrogen-bond donors (Lipinski definition) is 1. The molecule has 0 unspecified atom stereocenters. The molecule has 3 nitrogen and oxygen atoms in total. The fraction of sp³-hybridized carbons (Fsp3) is 0.409. The van der Waals surface area contributed by atoms with Gasteiger partial charge in [0.05, 0.1) is 5.41 Å². The van der Waals surface area contributed by atoms with Crippen LogP contribution >= 0.6 is 0 Å². The molecule has 0 amide bonds. The van der Waals surface area contributed by atoms with Crippen LogP contribution in [-0.2, 0) is 17.9 Å². The van der Waals surface area contributed by atoms with Crippen LogP contribution in [0.15, 0.2) is 60.7 Å². The lowest BCUT2D eigenvalue weighted by Crippen LogP contribution is -2.42. The first-order valence-corrected chi connectivity index (χ1v) is 9.12. The van der Waals surface area contributed by atoms with E-state index in [0.717, 1.165) is 38.8 Å². The zero-order valence-electron chi connectivity index (χ0n) is 14.9. The number of carboxylic acid groups (broad SMARTS) is 1. The van der Waals surface area contributed by atoms with Gasteiger partial charge in [0.1, 0.15) is 0 Å². The van der Waals surface area contributed by atoms with Gasteiger partial charge in [-0.1, -0.05) is 60.7 Å². The van der Waals surface area contributed by atoms with E-state index in [-0.39, 0.29) is 0 Å². The zero-order valence-corrected chi connectivity index (χ0v) is 14.9. The molecule has 0 bridgehead atoms. The van der Waals surface area contributed by atoms with Gasteiger partial charge in [0.2, 0.25) is 0 Å². The van der Waals surface area contributed by atoms with E-state index in [9.17, 15) is 9.90 Å². The van der Waals surface area contributed by atoms with Crippen molar-refractivity contribution in [2.75, 3.05) is 0 Å². The molecule has 25 heavy (non-hydrogen) atoms. The van der Waals surface area contributed by atoms with E-state index < -0.39 is 11.4 Å². The summed E-state index contributed by atoms with van der Waals surface area (Å²) in [5.41, 5.74) is 2.07. The molecule has 1 fully saturated rings. The molecule has 0 aromatic heterocycles. The van der Waals surface area contributed by atoms with Crippen molar-refractivity contribution in [3.8, 4) is 0 Å². The van der Waals surface area contributed by atoms with Crippen molar-refractivity contribution in [2.45, 2.75) is 51.7 Å². The molecule has 0 atom stereocenters. The van der Waals surface area contributed by atoms with Gasteiger partial charge in [0, 0.05) is 19.1 Å². The molecule has 2 aromatic rings. The Labute approximate surface area is 150 Å². The summed E-state index contributed by atoms with van der Waals surface area (Å²) in [6, 6.07) is 21.5. The Hall–Kier alpha value is -2.13. The Bertz CT molecular complexity index is 634. The number of nitrogens with zero attached hydrogens (tertiary/aromatic N) is 1. The Kier molecular flexibility index (Phi) is 5.54.